The number of carbonyl (C=O) groups is 2. The van der Waals surface area contributed by atoms with Gasteiger partial charge in [-0.05, 0) is 32.6 Å². The number of aromatic nitrogens is 4. The molecule has 2 unspecified atom stereocenters. The van der Waals surface area contributed by atoms with Gasteiger partial charge in [0, 0.05) is 17.6 Å². The summed E-state index contributed by atoms with van der Waals surface area (Å²) in [6.07, 6.45) is -0.503. The van der Waals surface area contributed by atoms with Gasteiger partial charge in [0.25, 0.3) is 12.2 Å². The lowest BCUT2D eigenvalue weighted by Gasteiger charge is -2.27. The van der Waals surface area contributed by atoms with E-state index in [1.807, 2.05) is 20.8 Å². The summed E-state index contributed by atoms with van der Waals surface area (Å²) in [5, 5.41) is 2.96. The first-order valence-corrected chi connectivity index (χ1v) is 17.1. The van der Waals surface area contributed by atoms with Crippen molar-refractivity contribution < 1.29 is 28.1 Å². The number of H-pyrrole nitrogens is 1. The third-order valence-corrected chi connectivity index (χ3v) is 10.2. The van der Waals surface area contributed by atoms with Crippen molar-refractivity contribution in [2.75, 3.05) is 24.7 Å². The van der Waals surface area contributed by atoms with Crippen LogP contribution in [0.1, 0.15) is 54.2 Å². The van der Waals surface area contributed by atoms with Crippen LogP contribution in [0.25, 0.3) is 11.2 Å². The quantitative estimate of drug-likeness (QED) is 0.129. The van der Waals surface area contributed by atoms with Crippen molar-refractivity contribution in [3.05, 3.63) is 16.7 Å². The topological polar surface area (TPSA) is 173 Å². The number of nitrogen functional groups attached to an aromatic ring is 1. The molecule has 0 bridgehead atoms. The number of alkyl halides is 2. The smallest absolute Gasteiger partial charge is 0.323 e. The largest absolute Gasteiger partial charge is 0.462 e. The molecule has 4 atom stereocenters. The maximum atomic E-state index is 12.5. The van der Waals surface area contributed by atoms with Crippen LogP contribution in [-0.2, 0) is 39.9 Å². The number of hydrogen-bond donors (Lipinski definition) is 3. The Morgan fingerprint density at radius 2 is 2.05 bits per heavy atom. The fourth-order valence-corrected chi connectivity index (χ4v) is 7.59. The van der Waals surface area contributed by atoms with Crippen LogP contribution >= 0.6 is 41.6 Å². The molecule has 13 nitrogen and oxygen atoms in total. The third kappa shape index (κ3) is 9.10. The van der Waals surface area contributed by atoms with Crippen LogP contribution < -0.4 is 16.4 Å². The predicted octanol–water partition coefficient (Wildman–Crippen LogP) is 3.66. The molecule has 3 rings (SSSR count). The fraction of sp³-hybridized carbons (Fsp3) is 0.696. The van der Waals surface area contributed by atoms with Crippen molar-refractivity contribution in [3.63, 3.8) is 0 Å². The van der Waals surface area contributed by atoms with Crippen molar-refractivity contribution >= 4 is 81.6 Å². The molecule has 1 aliphatic heterocycles. The van der Waals surface area contributed by atoms with Crippen molar-refractivity contribution in [3.8, 4) is 0 Å². The van der Waals surface area contributed by atoms with Gasteiger partial charge < -0.3 is 24.3 Å². The van der Waals surface area contributed by atoms with E-state index in [4.69, 9.17) is 59.3 Å². The van der Waals surface area contributed by atoms with Gasteiger partial charge in [-0.3, -0.25) is 23.9 Å². The third-order valence-electron chi connectivity index (χ3n) is 5.56. The Morgan fingerprint density at radius 3 is 2.68 bits per heavy atom. The molecule has 0 amide bonds. The van der Waals surface area contributed by atoms with Gasteiger partial charge in [-0.25, -0.2) is 10.1 Å². The first kappa shape index (κ1) is 34.2. The summed E-state index contributed by atoms with van der Waals surface area (Å²) >= 11 is 20.1. The Kier molecular flexibility index (Phi) is 11.3. The number of halogens is 2. The minimum absolute atomic E-state index is 0.00776. The van der Waals surface area contributed by atoms with Crippen LogP contribution in [-0.4, -0.2) is 72.2 Å². The Labute approximate surface area is 257 Å². The number of aromatic amines is 1. The highest BCUT2D eigenvalue weighted by Crippen LogP contribution is 2.50. The van der Waals surface area contributed by atoms with Crippen LogP contribution in [0.5, 0.6) is 0 Å². The summed E-state index contributed by atoms with van der Waals surface area (Å²) < 4.78 is 23.3. The number of rotatable bonds is 12. The Morgan fingerprint density at radius 1 is 1.37 bits per heavy atom. The molecule has 18 heteroatoms. The number of hydrogen-bond acceptors (Lipinski definition) is 12. The van der Waals surface area contributed by atoms with Crippen LogP contribution in [0.3, 0.4) is 0 Å². The van der Waals surface area contributed by atoms with Gasteiger partial charge >= 0.3 is 5.97 Å². The molecule has 3 heterocycles. The molecule has 0 aliphatic carbocycles. The van der Waals surface area contributed by atoms with E-state index in [9.17, 15) is 14.4 Å². The maximum absolute atomic E-state index is 12.5. The summed E-state index contributed by atoms with van der Waals surface area (Å²) in [6.45, 7) is 7.25. The molecule has 1 saturated heterocycles. The minimum atomic E-state index is -3.30. The lowest BCUT2D eigenvalue weighted by molar-refractivity contribution is -0.149. The molecule has 2 aromatic heterocycles. The summed E-state index contributed by atoms with van der Waals surface area (Å²) in [5.74, 6) is -0.291. The van der Waals surface area contributed by atoms with E-state index in [1.165, 1.54) is 10.9 Å². The zero-order valence-corrected chi connectivity index (χ0v) is 27.6. The Balaban J connectivity index is 1.72. The van der Waals surface area contributed by atoms with Gasteiger partial charge in [-0.1, -0.05) is 55.7 Å². The highest BCUT2D eigenvalue weighted by atomic mass is 35.5. The molecule has 1 aliphatic rings. The van der Waals surface area contributed by atoms with E-state index >= 15 is 0 Å². The van der Waals surface area contributed by atoms with Crippen LogP contribution in [0.4, 0.5) is 5.95 Å². The second-order valence-corrected chi connectivity index (χ2v) is 16.5. The van der Waals surface area contributed by atoms with Gasteiger partial charge in [0.2, 0.25) is 5.95 Å². The number of fused-ring (bicyclic) bond motifs is 1. The Bertz CT molecular complexity index is 1370. The molecule has 0 saturated carbocycles. The van der Waals surface area contributed by atoms with Crippen LogP contribution in [0, 0.1) is 5.41 Å². The fourth-order valence-electron chi connectivity index (χ4n) is 3.64. The molecule has 1 fully saturated rings. The highest BCUT2D eigenvalue weighted by molar-refractivity contribution is 8.13. The molecule has 41 heavy (non-hydrogen) atoms. The molecule has 0 spiro atoms. The monoisotopic (exact) mass is 672 g/mol. The van der Waals surface area contributed by atoms with Crippen molar-refractivity contribution in [2.24, 2.45) is 5.41 Å². The zero-order chi connectivity index (χ0) is 30.8. The number of nitrogens with one attached hydrogen (secondary N) is 2. The van der Waals surface area contributed by atoms with Crippen molar-refractivity contribution in [2.45, 2.75) is 76.8 Å². The van der Waals surface area contributed by atoms with E-state index in [-0.39, 0.29) is 48.0 Å². The summed E-state index contributed by atoms with van der Waals surface area (Å²) in [7, 11) is 0. The number of ether oxygens (including phenoxy) is 2. The highest BCUT2D eigenvalue weighted by Gasteiger charge is 2.48. The molecule has 2 aromatic rings. The standard InChI is InChI=1S/C23H35Cl2N6O7PS2/c1-12(2)37-18(33)13(3)30-39(40,35-7-8-41-20(34)22(4,5)6)36-10-14-9-23(24,25)19(38-14)31-11-27-15-16(31)28-21(26)29-17(15)32/h11-14,19H,7-10H2,1-6H3,(H,30,40)(H3,26,28,29,32)/t13?,14-,19+,39?/m0/s1. The molecule has 4 N–H and O–H groups in total. The molecule has 0 radical (unpaired) electrons. The van der Waals surface area contributed by atoms with E-state index < -0.39 is 46.3 Å². The molecular weight excluding hydrogens is 638 g/mol. The number of carbonyl (C=O) groups excluding carboxylic acids is 2. The van der Waals surface area contributed by atoms with Gasteiger partial charge in [0.05, 0.1) is 31.7 Å². The average molecular weight is 674 g/mol. The zero-order valence-electron chi connectivity index (χ0n) is 23.5. The number of nitrogens with two attached hydrogens (primary N) is 1. The Hall–Kier alpha value is -1.29. The van der Waals surface area contributed by atoms with Gasteiger partial charge in [0.1, 0.15) is 6.04 Å². The SMILES string of the molecule is CC(C)OC(=O)C(C)NP(=S)(OCCSC(=O)C(C)(C)C)OC[C@@H]1CC(Cl)(Cl)[C@H](n2cnc3c(=O)[nH]c(N)nc32)O1. The van der Waals surface area contributed by atoms with Crippen LogP contribution in [0.15, 0.2) is 11.1 Å². The first-order chi connectivity index (χ1) is 18.9. The van der Waals surface area contributed by atoms with Crippen molar-refractivity contribution in [1.29, 1.82) is 0 Å². The molecule has 230 valence electrons. The summed E-state index contributed by atoms with van der Waals surface area (Å²) in [5.41, 5.74) is 4.88. The van der Waals surface area contributed by atoms with Crippen LogP contribution in [0.2, 0.25) is 0 Å². The van der Waals surface area contributed by atoms with Gasteiger partial charge in [-0.2, -0.15) is 4.98 Å². The van der Waals surface area contributed by atoms with E-state index in [1.54, 1.807) is 20.8 Å². The number of nitrogens with zero attached hydrogens (tertiary/aromatic N) is 3. The second-order valence-electron chi connectivity index (χ2n) is 10.7. The normalized spacial score (nSPS) is 21.2. The first-order valence-electron chi connectivity index (χ1n) is 12.7. The number of anilines is 1. The predicted molar refractivity (Wildman–Crippen MR) is 162 cm³/mol. The molecular formula is C23H35Cl2N6O7PS2. The summed E-state index contributed by atoms with van der Waals surface area (Å²) in [6, 6.07) is -0.837. The van der Waals surface area contributed by atoms with Gasteiger partial charge in [-0.15, -0.1) is 0 Å². The van der Waals surface area contributed by atoms with E-state index in [0.29, 0.717) is 5.75 Å². The number of esters is 1. The molecule has 0 aromatic carbocycles. The second kappa shape index (κ2) is 13.6. The lowest BCUT2D eigenvalue weighted by atomic mass is 10.00. The average Bonchev–Trinajstić information content (AvgIpc) is 3.38. The number of imidazole rings is 1. The van der Waals surface area contributed by atoms with Gasteiger partial charge in [0.15, 0.2) is 26.8 Å². The van der Waals surface area contributed by atoms with E-state index in [0.717, 1.165) is 11.8 Å². The minimum Gasteiger partial charge on any atom is -0.462 e. The summed E-state index contributed by atoms with van der Waals surface area (Å²) in [4.78, 5) is 47.5. The lowest BCUT2D eigenvalue weighted by Crippen LogP contribution is -2.36. The maximum Gasteiger partial charge on any atom is 0.323 e. The number of thioether (sulfide) groups is 1. The van der Waals surface area contributed by atoms with Crippen molar-refractivity contribution in [1.82, 2.24) is 24.6 Å². The van der Waals surface area contributed by atoms with E-state index in [2.05, 4.69) is 20.0 Å².